The quantitative estimate of drug-likeness (QED) is 0.730. The Labute approximate surface area is 137 Å². The number of nitrogens with zero attached hydrogens (tertiary/aromatic N) is 2. The second-order valence-electron chi connectivity index (χ2n) is 7.01. The van der Waals surface area contributed by atoms with E-state index in [-0.39, 0.29) is 0 Å². The van der Waals surface area contributed by atoms with E-state index in [1.807, 2.05) is 13.8 Å². The number of rotatable bonds is 4. The average molecular weight is 317 g/mol. The van der Waals surface area contributed by atoms with Crippen molar-refractivity contribution in [3.63, 3.8) is 0 Å². The molecule has 124 valence electrons. The van der Waals surface area contributed by atoms with Gasteiger partial charge in [0.25, 0.3) is 5.84 Å². The number of hydrogen-bond acceptors (Lipinski definition) is 5. The van der Waals surface area contributed by atoms with Gasteiger partial charge in [-0.15, -0.1) is 0 Å². The number of hydrogen-bond donors (Lipinski definition) is 2. The van der Waals surface area contributed by atoms with E-state index in [2.05, 4.69) is 24.1 Å². The average Bonchev–Trinajstić information content (AvgIpc) is 2.98. The van der Waals surface area contributed by atoms with Gasteiger partial charge in [-0.05, 0) is 32.6 Å². The minimum absolute atomic E-state index is 0.331. The number of nitrogens with one attached hydrogen (secondary N) is 1. The lowest BCUT2D eigenvalue weighted by molar-refractivity contribution is -0.695. The van der Waals surface area contributed by atoms with Crippen LogP contribution in [0.25, 0.3) is 0 Å². The van der Waals surface area contributed by atoms with E-state index >= 15 is 0 Å². The minimum Gasteiger partial charge on any atom is -0.314 e. The van der Waals surface area contributed by atoms with Crippen molar-refractivity contribution in [2.45, 2.75) is 52.4 Å². The molecule has 2 aliphatic carbocycles. The zero-order valence-electron chi connectivity index (χ0n) is 14.1. The SMILES string of the molecule is CCOC1(OCC)[NH+]=C(N)[C@@]2(C#N)C3(CCC(C)CC3)[C@@]12C#N. The third-order valence-corrected chi connectivity index (χ3v) is 6.29. The summed E-state index contributed by atoms with van der Waals surface area (Å²) in [7, 11) is 0. The van der Waals surface area contributed by atoms with E-state index < -0.39 is 22.2 Å². The number of nitrogens with two attached hydrogens (primary N) is 1. The fourth-order valence-corrected chi connectivity index (χ4v) is 5.34. The van der Waals surface area contributed by atoms with Crippen LogP contribution < -0.4 is 10.7 Å². The maximum atomic E-state index is 10.2. The number of fused-ring (bicyclic) bond motifs is 3. The molecule has 0 amide bonds. The fourth-order valence-electron chi connectivity index (χ4n) is 5.34. The number of nitriles is 2. The Hall–Kier alpha value is -1.63. The Morgan fingerprint density at radius 2 is 1.74 bits per heavy atom. The molecule has 0 aromatic heterocycles. The van der Waals surface area contributed by atoms with Crippen molar-refractivity contribution >= 4 is 5.84 Å². The van der Waals surface area contributed by atoms with Crippen LogP contribution in [-0.4, -0.2) is 25.0 Å². The summed E-state index contributed by atoms with van der Waals surface area (Å²) >= 11 is 0. The smallest absolute Gasteiger partial charge is 0.314 e. The van der Waals surface area contributed by atoms with Crippen LogP contribution in [0.2, 0.25) is 0 Å². The van der Waals surface area contributed by atoms with Gasteiger partial charge < -0.3 is 9.47 Å². The molecule has 0 bridgehead atoms. The molecule has 0 saturated heterocycles. The Morgan fingerprint density at radius 3 is 2.17 bits per heavy atom. The maximum absolute atomic E-state index is 10.2. The lowest BCUT2D eigenvalue weighted by atomic mass is 9.73. The molecule has 6 heteroatoms. The van der Waals surface area contributed by atoms with Crippen LogP contribution in [0.15, 0.2) is 0 Å². The molecule has 1 spiro atoms. The van der Waals surface area contributed by atoms with Gasteiger partial charge in [-0.1, -0.05) is 19.8 Å². The van der Waals surface area contributed by atoms with Gasteiger partial charge in [-0.3, -0.25) is 5.73 Å². The monoisotopic (exact) mass is 317 g/mol. The van der Waals surface area contributed by atoms with Gasteiger partial charge in [-0.2, -0.15) is 10.5 Å². The second kappa shape index (κ2) is 4.93. The van der Waals surface area contributed by atoms with E-state index in [1.165, 1.54) is 0 Å². The van der Waals surface area contributed by atoms with Gasteiger partial charge in [0.05, 0.1) is 25.4 Å². The zero-order chi connectivity index (χ0) is 16.9. The van der Waals surface area contributed by atoms with Crippen molar-refractivity contribution in [3.05, 3.63) is 0 Å². The first-order valence-corrected chi connectivity index (χ1v) is 8.49. The molecule has 2 fully saturated rings. The van der Waals surface area contributed by atoms with Crippen molar-refractivity contribution in [2.75, 3.05) is 13.2 Å². The fraction of sp³-hybridized carbons (Fsp3) is 0.824. The third kappa shape index (κ3) is 1.43. The molecule has 3 rings (SSSR count). The molecule has 0 radical (unpaired) electrons. The molecule has 6 nitrogen and oxygen atoms in total. The van der Waals surface area contributed by atoms with Gasteiger partial charge in [-0.25, -0.2) is 4.99 Å². The molecule has 3 aliphatic rings. The van der Waals surface area contributed by atoms with Crippen molar-refractivity contribution in [3.8, 4) is 12.1 Å². The minimum atomic E-state index is -1.33. The van der Waals surface area contributed by atoms with E-state index in [1.54, 1.807) is 0 Å². The summed E-state index contributed by atoms with van der Waals surface area (Å²) in [5, 5.41) is 20.2. The Morgan fingerprint density at radius 1 is 1.17 bits per heavy atom. The van der Waals surface area contributed by atoms with Crippen LogP contribution in [-0.2, 0) is 9.47 Å². The lowest BCUT2D eigenvalue weighted by Gasteiger charge is -2.36. The summed E-state index contributed by atoms with van der Waals surface area (Å²) in [6.45, 7) is 6.67. The van der Waals surface area contributed by atoms with E-state index in [0.717, 1.165) is 25.7 Å². The van der Waals surface area contributed by atoms with Crippen LogP contribution in [0, 0.1) is 44.8 Å². The van der Waals surface area contributed by atoms with Crippen molar-refractivity contribution < 1.29 is 14.5 Å². The van der Waals surface area contributed by atoms with Crippen LogP contribution in [0.1, 0.15) is 46.5 Å². The molecular weight excluding hydrogens is 292 g/mol. The van der Waals surface area contributed by atoms with E-state index in [0.29, 0.717) is 25.0 Å². The highest BCUT2D eigenvalue weighted by Crippen LogP contribution is 2.86. The summed E-state index contributed by atoms with van der Waals surface area (Å²) in [4.78, 5) is 3.04. The van der Waals surface area contributed by atoms with Crippen LogP contribution in [0.4, 0.5) is 0 Å². The molecule has 0 aromatic rings. The number of amidine groups is 1. The van der Waals surface area contributed by atoms with Crippen molar-refractivity contribution in [2.24, 2.45) is 27.9 Å². The first-order chi connectivity index (χ1) is 11.0. The first-order valence-electron chi connectivity index (χ1n) is 8.49. The molecule has 0 aromatic carbocycles. The largest absolute Gasteiger partial charge is 0.343 e. The standard InChI is InChI=1S/C17H24N4O2/c1-4-22-17(23-5-2)16(11-19)14(8-6-12(3)7-9-14)15(16,10-18)13(20)21-17/h12H,4-9H2,1-3H3,(H2,20,21)/p+1/t12?,14?,15-,16+/m0/s1. The topological polar surface area (TPSA) is 106 Å². The first kappa shape index (κ1) is 16.2. The normalized spacial score (nSPS) is 43.3. The predicted molar refractivity (Wildman–Crippen MR) is 82.3 cm³/mol. The molecule has 3 N–H and O–H groups in total. The molecular formula is C17H25N4O2+. The van der Waals surface area contributed by atoms with Gasteiger partial charge in [0.15, 0.2) is 10.8 Å². The van der Waals surface area contributed by atoms with E-state index in [4.69, 9.17) is 15.2 Å². The lowest BCUT2D eigenvalue weighted by Crippen LogP contribution is -2.91. The highest BCUT2D eigenvalue weighted by Gasteiger charge is 3.03. The molecule has 2 atom stereocenters. The molecule has 0 unspecified atom stereocenters. The van der Waals surface area contributed by atoms with Crippen LogP contribution >= 0.6 is 0 Å². The van der Waals surface area contributed by atoms with Crippen molar-refractivity contribution in [1.29, 1.82) is 10.5 Å². The van der Waals surface area contributed by atoms with Crippen LogP contribution in [0.3, 0.4) is 0 Å². The summed E-state index contributed by atoms with van der Waals surface area (Å²) < 4.78 is 11.8. The van der Waals surface area contributed by atoms with Crippen LogP contribution in [0.5, 0.6) is 0 Å². The molecule has 2 saturated carbocycles. The maximum Gasteiger partial charge on any atom is 0.343 e. The summed E-state index contributed by atoms with van der Waals surface area (Å²) in [6.07, 6.45) is 3.60. The molecule has 1 heterocycles. The third-order valence-electron chi connectivity index (χ3n) is 6.29. The Bertz CT molecular complexity index is 617. The summed E-state index contributed by atoms with van der Waals surface area (Å²) in [5.41, 5.74) is 3.68. The summed E-state index contributed by atoms with van der Waals surface area (Å²) in [6, 6.07) is 4.83. The van der Waals surface area contributed by atoms with Gasteiger partial charge >= 0.3 is 5.91 Å². The predicted octanol–water partition coefficient (Wildman–Crippen LogP) is 0.395. The number of ether oxygens (including phenoxy) is 2. The summed E-state index contributed by atoms with van der Waals surface area (Å²) in [5.74, 6) is -0.389. The van der Waals surface area contributed by atoms with Gasteiger partial charge in [0, 0.05) is 5.41 Å². The van der Waals surface area contributed by atoms with Gasteiger partial charge in [0.2, 0.25) is 0 Å². The molecule has 23 heavy (non-hydrogen) atoms. The van der Waals surface area contributed by atoms with Crippen molar-refractivity contribution in [1.82, 2.24) is 0 Å². The van der Waals surface area contributed by atoms with Gasteiger partial charge in [0.1, 0.15) is 0 Å². The zero-order valence-corrected chi connectivity index (χ0v) is 14.1. The highest BCUT2D eigenvalue weighted by atomic mass is 16.7. The Kier molecular flexibility index (Phi) is 3.48. The molecule has 1 aliphatic heterocycles. The second-order valence-corrected chi connectivity index (χ2v) is 7.01. The van der Waals surface area contributed by atoms with E-state index in [9.17, 15) is 10.5 Å². The Balaban J connectivity index is 2.18. The highest BCUT2D eigenvalue weighted by molar-refractivity contribution is 5.95.